The molecule has 13 nitrogen and oxygen atoms in total. The van der Waals surface area contributed by atoms with Crippen LogP contribution in [0.15, 0.2) is 59.6 Å². The number of nitrogens with zero attached hydrogens (tertiary/aromatic N) is 1. The lowest BCUT2D eigenvalue weighted by molar-refractivity contribution is -0.141. The standard InChI is InChI=1S/C26H34N8O5/c27-22(28)17-10-8-15(9-11-17)13-18(16-5-2-1-3-6-16)24(38)34-20(14-21(35)36)25(39)33-19(23(29)37)7-4-12-32-26(30)31/h1-3,5-6,8-11,18-20H,4,7,12-14H2,(H3,27,28)(H2,29,37)(H,33,39)(H,34,38)(H,35,36)(H4,30,31,32)/t18?,19-,20-/m0/s1. The molecule has 0 saturated heterocycles. The first-order valence-electron chi connectivity index (χ1n) is 12.1. The average Bonchev–Trinajstić information content (AvgIpc) is 2.88. The molecule has 0 fully saturated rings. The highest BCUT2D eigenvalue weighted by Crippen LogP contribution is 2.22. The average molecular weight is 539 g/mol. The van der Waals surface area contributed by atoms with E-state index in [2.05, 4.69) is 15.6 Å². The van der Waals surface area contributed by atoms with Crippen LogP contribution in [0.4, 0.5) is 0 Å². The highest BCUT2D eigenvalue weighted by molar-refractivity contribution is 5.96. The van der Waals surface area contributed by atoms with E-state index in [4.69, 9.17) is 28.3 Å². The van der Waals surface area contributed by atoms with Crippen LogP contribution in [0.25, 0.3) is 0 Å². The van der Waals surface area contributed by atoms with Gasteiger partial charge < -0.3 is 38.7 Å². The van der Waals surface area contributed by atoms with E-state index < -0.39 is 48.1 Å². The van der Waals surface area contributed by atoms with Crippen molar-refractivity contribution < 1.29 is 24.3 Å². The molecule has 12 N–H and O–H groups in total. The maximum Gasteiger partial charge on any atom is 0.305 e. The minimum absolute atomic E-state index is 0.0908. The van der Waals surface area contributed by atoms with Gasteiger partial charge in [-0.15, -0.1) is 0 Å². The molecular formula is C26H34N8O5. The van der Waals surface area contributed by atoms with Gasteiger partial charge in [0, 0.05) is 12.1 Å². The molecular weight excluding hydrogens is 504 g/mol. The SMILES string of the molecule is N=C(N)c1ccc(CC(C(=O)N[C@@H](CC(=O)O)C(=O)N[C@@H](CCCN=C(N)N)C(N)=O)c2ccccc2)cc1. The number of carbonyl (C=O) groups is 4. The fourth-order valence-electron chi connectivity index (χ4n) is 3.82. The normalized spacial score (nSPS) is 12.8. The van der Waals surface area contributed by atoms with Gasteiger partial charge in [0.05, 0.1) is 12.3 Å². The molecule has 0 radical (unpaired) electrons. The highest BCUT2D eigenvalue weighted by Gasteiger charge is 2.30. The quantitative estimate of drug-likeness (QED) is 0.0813. The molecule has 39 heavy (non-hydrogen) atoms. The van der Waals surface area contributed by atoms with Gasteiger partial charge in [0.1, 0.15) is 17.9 Å². The number of benzene rings is 2. The second kappa shape index (κ2) is 14.7. The van der Waals surface area contributed by atoms with Crippen molar-refractivity contribution in [2.45, 2.75) is 43.7 Å². The Morgan fingerprint density at radius 1 is 0.872 bits per heavy atom. The number of guanidine groups is 1. The number of carboxylic acids is 1. The predicted molar refractivity (Wildman–Crippen MR) is 146 cm³/mol. The lowest BCUT2D eigenvalue weighted by Gasteiger charge is -2.24. The number of hydrogen-bond donors (Lipinski definition) is 8. The molecule has 0 saturated carbocycles. The zero-order chi connectivity index (χ0) is 28.9. The van der Waals surface area contributed by atoms with Gasteiger partial charge in [-0.25, -0.2) is 0 Å². The Labute approximate surface area is 225 Å². The Morgan fingerprint density at radius 3 is 2.03 bits per heavy atom. The molecule has 13 heteroatoms. The van der Waals surface area contributed by atoms with Crippen molar-refractivity contribution in [3.8, 4) is 0 Å². The number of carbonyl (C=O) groups excluding carboxylic acids is 3. The Kier molecular flexibility index (Phi) is 11.4. The Morgan fingerprint density at radius 2 is 1.49 bits per heavy atom. The van der Waals surface area contributed by atoms with E-state index in [0.717, 1.165) is 5.56 Å². The summed E-state index contributed by atoms with van der Waals surface area (Å²) >= 11 is 0. The first-order chi connectivity index (χ1) is 18.5. The lowest BCUT2D eigenvalue weighted by Crippen LogP contribution is -2.54. The lowest BCUT2D eigenvalue weighted by atomic mass is 9.90. The minimum Gasteiger partial charge on any atom is -0.481 e. The zero-order valence-electron chi connectivity index (χ0n) is 21.3. The topological polar surface area (TPSA) is 253 Å². The molecule has 0 spiro atoms. The number of primary amides is 1. The highest BCUT2D eigenvalue weighted by atomic mass is 16.4. The summed E-state index contributed by atoms with van der Waals surface area (Å²) in [5, 5.41) is 21.9. The molecule has 0 bridgehead atoms. The van der Waals surface area contributed by atoms with E-state index in [9.17, 15) is 24.3 Å². The summed E-state index contributed by atoms with van der Waals surface area (Å²) in [7, 11) is 0. The van der Waals surface area contributed by atoms with Gasteiger partial charge in [-0.2, -0.15) is 0 Å². The third-order valence-electron chi connectivity index (χ3n) is 5.84. The van der Waals surface area contributed by atoms with Crippen molar-refractivity contribution in [2.24, 2.45) is 27.9 Å². The number of nitrogens with two attached hydrogens (primary N) is 4. The zero-order valence-corrected chi connectivity index (χ0v) is 21.3. The van der Waals surface area contributed by atoms with Crippen LogP contribution in [0, 0.1) is 5.41 Å². The van der Waals surface area contributed by atoms with Crippen LogP contribution in [-0.2, 0) is 25.6 Å². The summed E-state index contributed by atoms with van der Waals surface area (Å²) in [4.78, 5) is 53.6. The Balaban J connectivity index is 2.23. The van der Waals surface area contributed by atoms with Crippen LogP contribution in [0.5, 0.6) is 0 Å². The van der Waals surface area contributed by atoms with Crippen molar-refractivity contribution in [1.82, 2.24) is 10.6 Å². The molecule has 2 aromatic rings. The minimum atomic E-state index is -1.47. The first-order valence-corrected chi connectivity index (χ1v) is 12.1. The first kappa shape index (κ1) is 30.3. The molecule has 2 rings (SSSR count). The van der Waals surface area contributed by atoms with Crippen molar-refractivity contribution in [3.05, 3.63) is 71.3 Å². The fourth-order valence-corrected chi connectivity index (χ4v) is 3.82. The van der Waals surface area contributed by atoms with Crippen LogP contribution >= 0.6 is 0 Å². The van der Waals surface area contributed by atoms with E-state index in [-0.39, 0.29) is 31.2 Å². The van der Waals surface area contributed by atoms with Crippen molar-refractivity contribution in [2.75, 3.05) is 6.54 Å². The van der Waals surface area contributed by atoms with Gasteiger partial charge in [-0.05, 0) is 30.4 Å². The van der Waals surface area contributed by atoms with E-state index in [0.29, 0.717) is 17.5 Å². The van der Waals surface area contributed by atoms with Gasteiger partial charge in [0.25, 0.3) is 0 Å². The largest absolute Gasteiger partial charge is 0.481 e. The summed E-state index contributed by atoms with van der Waals surface area (Å²) in [6.45, 7) is 0.198. The van der Waals surface area contributed by atoms with Crippen LogP contribution in [-0.4, -0.2) is 59.2 Å². The van der Waals surface area contributed by atoms with Crippen molar-refractivity contribution >= 4 is 35.5 Å². The second-order valence-electron chi connectivity index (χ2n) is 8.85. The van der Waals surface area contributed by atoms with Crippen LogP contribution in [0.1, 0.15) is 41.9 Å². The number of rotatable bonds is 15. The van der Waals surface area contributed by atoms with Gasteiger partial charge in [-0.1, -0.05) is 54.6 Å². The number of amidine groups is 1. The van der Waals surface area contributed by atoms with E-state index in [1.165, 1.54) is 0 Å². The molecule has 0 aliphatic carbocycles. The van der Waals surface area contributed by atoms with E-state index in [1.807, 2.05) is 0 Å². The number of nitrogen functional groups attached to an aromatic ring is 1. The monoisotopic (exact) mass is 538 g/mol. The molecule has 0 heterocycles. The van der Waals surface area contributed by atoms with Gasteiger partial charge >= 0.3 is 5.97 Å². The number of aliphatic imine (C=N–C) groups is 1. The summed E-state index contributed by atoms with van der Waals surface area (Å²) in [5.41, 5.74) is 23.4. The molecule has 0 aliphatic heterocycles. The number of carboxylic acid groups (broad SMARTS) is 1. The summed E-state index contributed by atoms with van der Waals surface area (Å²) in [6, 6.07) is 13.0. The maximum atomic E-state index is 13.4. The molecule has 2 aromatic carbocycles. The Hall–Kier alpha value is -4.94. The summed E-state index contributed by atoms with van der Waals surface area (Å²) in [5.74, 6) is -4.59. The van der Waals surface area contributed by atoms with Gasteiger partial charge in [-0.3, -0.25) is 29.6 Å². The third kappa shape index (κ3) is 10.1. The molecule has 0 aliphatic rings. The predicted octanol–water partition coefficient (Wildman–Crippen LogP) is -0.720. The Bertz CT molecular complexity index is 1200. The van der Waals surface area contributed by atoms with Crippen LogP contribution < -0.4 is 33.6 Å². The van der Waals surface area contributed by atoms with E-state index in [1.54, 1.807) is 54.6 Å². The smallest absolute Gasteiger partial charge is 0.305 e. The summed E-state index contributed by atoms with van der Waals surface area (Å²) in [6.07, 6.45) is -0.0647. The number of nitrogens with one attached hydrogen (secondary N) is 3. The van der Waals surface area contributed by atoms with Crippen LogP contribution in [0.3, 0.4) is 0 Å². The van der Waals surface area contributed by atoms with E-state index >= 15 is 0 Å². The molecule has 0 aromatic heterocycles. The van der Waals surface area contributed by atoms with Gasteiger partial charge in [0.2, 0.25) is 17.7 Å². The molecule has 208 valence electrons. The number of amides is 3. The molecule has 3 atom stereocenters. The van der Waals surface area contributed by atoms with Crippen molar-refractivity contribution in [1.29, 1.82) is 5.41 Å². The van der Waals surface area contributed by atoms with Crippen molar-refractivity contribution in [3.63, 3.8) is 0 Å². The maximum absolute atomic E-state index is 13.4. The fraction of sp³-hybridized carbons (Fsp3) is 0.308. The third-order valence-corrected chi connectivity index (χ3v) is 5.84. The number of aliphatic carboxylic acids is 1. The second-order valence-corrected chi connectivity index (χ2v) is 8.85. The summed E-state index contributed by atoms with van der Waals surface area (Å²) < 4.78 is 0. The van der Waals surface area contributed by atoms with Crippen LogP contribution in [0.2, 0.25) is 0 Å². The molecule has 1 unspecified atom stereocenters. The van der Waals surface area contributed by atoms with Gasteiger partial charge in [0.15, 0.2) is 5.96 Å². The number of hydrogen-bond acceptors (Lipinski definition) is 6. The molecule has 3 amide bonds.